The second kappa shape index (κ2) is 9.50. The molecular formula is C19H21FN2O4. The van der Waals surface area contributed by atoms with Crippen LogP contribution in [0.1, 0.15) is 46.2 Å². The van der Waals surface area contributed by atoms with Crippen molar-refractivity contribution in [3.63, 3.8) is 0 Å². The predicted octanol–water partition coefficient (Wildman–Crippen LogP) is 3.15. The maximum absolute atomic E-state index is 13.0. The Labute approximate surface area is 151 Å². The van der Waals surface area contributed by atoms with E-state index in [0.29, 0.717) is 12.9 Å². The molecule has 1 aromatic carbocycles. The standard InChI is InChI=1S/C19H21FN2O4/c1-3-4-9-26-17-15(11-21-16(12-23)18(17)25-2)19(24)22-10-13-5-7-14(20)8-6-13/h5-8,11-12H,3-4,9-10H2,1-2H3,(H,22,24). The van der Waals surface area contributed by atoms with E-state index in [1.807, 2.05) is 6.92 Å². The Morgan fingerprint density at radius 2 is 2.00 bits per heavy atom. The van der Waals surface area contributed by atoms with Gasteiger partial charge in [0, 0.05) is 12.7 Å². The minimum Gasteiger partial charge on any atom is -0.491 e. The van der Waals surface area contributed by atoms with Gasteiger partial charge in [0.2, 0.25) is 0 Å². The zero-order chi connectivity index (χ0) is 18.9. The molecule has 0 saturated heterocycles. The number of pyridine rings is 1. The molecule has 6 nitrogen and oxygen atoms in total. The topological polar surface area (TPSA) is 77.5 Å². The number of nitrogens with zero attached hydrogens (tertiary/aromatic N) is 1. The highest BCUT2D eigenvalue weighted by Crippen LogP contribution is 2.33. The van der Waals surface area contributed by atoms with Crippen LogP contribution in [0.15, 0.2) is 30.5 Å². The molecule has 0 unspecified atom stereocenters. The van der Waals surface area contributed by atoms with Gasteiger partial charge in [0.05, 0.1) is 13.7 Å². The van der Waals surface area contributed by atoms with E-state index in [9.17, 15) is 14.0 Å². The second-order valence-corrected chi connectivity index (χ2v) is 5.55. The lowest BCUT2D eigenvalue weighted by Crippen LogP contribution is -2.24. The zero-order valence-corrected chi connectivity index (χ0v) is 14.8. The fourth-order valence-corrected chi connectivity index (χ4v) is 2.27. The molecule has 0 aliphatic rings. The van der Waals surface area contributed by atoms with Crippen LogP contribution in [-0.2, 0) is 6.54 Å². The van der Waals surface area contributed by atoms with E-state index >= 15 is 0 Å². The van der Waals surface area contributed by atoms with Gasteiger partial charge in [-0.25, -0.2) is 9.37 Å². The lowest BCUT2D eigenvalue weighted by molar-refractivity contribution is 0.0944. The van der Waals surface area contributed by atoms with Crippen molar-refractivity contribution in [1.82, 2.24) is 10.3 Å². The number of methoxy groups -OCH3 is 1. The lowest BCUT2D eigenvalue weighted by atomic mass is 10.1. The summed E-state index contributed by atoms with van der Waals surface area (Å²) in [6, 6.07) is 5.82. The van der Waals surface area contributed by atoms with Crippen LogP contribution in [0.25, 0.3) is 0 Å². The Hall–Kier alpha value is -2.96. The number of ether oxygens (including phenoxy) is 2. The molecule has 138 valence electrons. The maximum atomic E-state index is 13.0. The molecule has 26 heavy (non-hydrogen) atoms. The summed E-state index contributed by atoms with van der Waals surface area (Å²) < 4.78 is 23.9. The number of benzene rings is 1. The van der Waals surface area contributed by atoms with E-state index < -0.39 is 5.91 Å². The molecule has 0 spiro atoms. The van der Waals surface area contributed by atoms with Crippen molar-refractivity contribution in [2.45, 2.75) is 26.3 Å². The normalized spacial score (nSPS) is 10.3. The van der Waals surface area contributed by atoms with Gasteiger partial charge in [-0.3, -0.25) is 9.59 Å². The molecule has 1 heterocycles. The Bertz CT molecular complexity index is 763. The molecule has 1 aromatic heterocycles. The SMILES string of the molecule is CCCCOc1c(C(=O)NCc2ccc(F)cc2)cnc(C=O)c1OC. The molecule has 2 aromatic rings. The van der Waals surface area contributed by atoms with Gasteiger partial charge in [0.1, 0.15) is 17.1 Å². The van der Waals surface area contributed by atoms with Crippen LogP contribution >= 0.6 is 0 Å². The first-order valence-electron chi connectivity index (χ1n) is 8.28. The summed E-state index contributed by atoms with van der Waals surface area (Å²) in [5.74, 6) is -0.450. The predicted molar refractivity (Wildman–Crippen MR) is 94.1 cm³/mol. The lowest BCUT2D eigenvalue weighted by Gasteiger charge is -2.15. The average Bonchev–Trinajstić information content (AvgIpc) is 2.66. The van der Waals surface area contributed by atoms with Crippen LogP contribution in [0.5, 0.6) is 11.5 Å². The number of carbonyl (C=O) groups excluding carboxylic acids is 2. The molecule has 0 fully saturated rings. The molecule has 0 atom stereocenters. The molecule has 1 amide bonds. The van der Waals surface area contributed by atoms with E-state index in [1.54, 1.807) is 12.1 Å². The van der Waals surface area contributed by atoms with Crippen LogP contribution in [0.3, 0.4) is 0 Å². The summed E-state index contributed by atoms with van der Waals surface area (Å²) in [4.78, 5) is 27.7. The number of halogens is 1. The van der Waals surface area contributed by atoms with Gasteiger partial charge in [-0.05, 0) is 24.1 Å². The third-order valence-corrected chi connectivity index (χ3v) is 3.69. The van der Waals surface area contributed by atoms with Gasteiger partial charge in [-0.15, -0.1) is 0 Å². The van der Waals surface area contributed by atoms with Crippen LogP contribution in [-0.4, -0.2) is 30.9 Å². The van der Waals surface area contributed by atoms with Crippen LogP contribution < -0.4 is 14.8 Å². The van der Waals surface area contributed by atoms with Gasteiger partial charge in [0.25, 0.3) is 5.91 Å². The van der Waals surface area contributed by atoms with E-state index in [0.717, 1.165) is 18.4 Å². The number of aldehydes is 1. The Morgan fingerprint density at radius 1 is 1.27 bits per heavy atom. The average molecular weight is 360 g/mol. The van der Waals surface area contributed by atoms with Gasteiger partial charge in [-0.1, -0.05) is 25.5 Å². The van der Waals surface area contributed by atoms with Crippen molar-refractivity contribution in [1.29, 1.82) is 0 Å². The van der Waals surface area contributed by atoms with E-state index in [-0.39, 0.29) is 35.1 Å². The fourth-order valence-electron chi connectivity index (χ4n) is 2.27. The third-order valence-electron chi connectivity index (χ3n) is 3.69. The smallest absolute Gasteiger partial charge is 0.257 e. The summed E-state index contributed by atoms with van der Waals surface area (Å²) >= 11 is 0. The quantitative estimate of drug-likeness (QED) is 0.549. The molecule has 0 radical (unpaired) electrons. The first-order chi connectivity index (χ1) is 12.6. The van der Waals surface area contributed by atoms with E-state index in [4.69, 9.17) is 9.47 Å². The molecule has 0 aliphatic carbocycles. The van der Waals surface area contributed by atoms with Crippen LogP contribution in [0.2, 0.25) is 0 Å². The number of hydrogen-bond acceptors (Lipinski definition) is 5. The third kappa shape index (κ3) is 4.78. The summed E-state index contributed by atoms with van der Waals surface area (Å²) in [5, 5.41) is 2.73. The van der Waals surface area contributed by atoms with E-state index in [2.05, 4.69) is 10.3 Å². The number of rotatable bonds is 9. The minimum atomic E-state index is -0.427. The molecule has 2 rings (SSSR count). The number of hydrogen-bond donors (Lipinski definition) is 1. The molecule has 0 aliphatic heterocycles. The molecule has 0 bridgehead atoms. The van der Waals surface area contributed by atoms with Crippen molar-refractivity contribution in [3.05, 3.63) is 53.1 Å². The van der Waals surface area contributed by atoms with Crippen molar-refractivity contribution in [2.75, 3.05) is 13.7 Å². The molecule has 7 heteroatoms. The summed E-state index contributed by atoms with van der Waals surface area (Å²) in [6.45, 7) is 2.61. The largest absolute Gasteiger partial charge is 0.491 e. The highest BCUT2D eigenvalue weighted by atomic mass is 19.1. The van der Waals surface area contributed by atoms with Gasteiger partial charge in [-0.2, -0.15) is 0 Å². The fraction of sp³-hybridized carbons (Fsp3) is 0.316. The van der Waals surface area contributed by atoms with Crippen molar-refractivity contribution >= 4 is 12.2 Å². The van der Waals surface area contributed by atoms with Crippen molar-refractivity contribution < 1.29 is 23.5 Å². The van der Waals surface area contributed by atoms with E-state index in [1.165, 1.54) is 25.4 Å². The summed E-state index contributed by atoms with van der Waals surface area (Å²) in [5.41, 5.74) is 0.984. The second-order valence-electron chi connectivity index (χ2n) is 5.55. The Morgan fingerprint density at radius 3 is 2.62 bits per heavy atom. The Balaban J connectivity index is 2.23. The van der Waals surface area contributed by atoms with Crippen LogP contribution in [0, 0.1) is 5.82 Å². The van der Waals surface area contributed by atoms with Crippen molar-refractivity contribution in [3.8, 4) is 11.5 Å². The molecule has 0 saturated carbocycles. The molecular weight excluding hydrogens is 339 g/mol. The summed E-state index contributed by atoms with van der Waals surface area (Å²) in [7, 11) is 1.39. The molecule has 1 N–H and O–H groups in total. The number of carbonyl (C=O) groups is 2. The first-order valence-corrected chi connectivity index (χ1v) is 8.28. The van der Waals surface area contributed by atoms with Crippen molar-refractivity contribution in [2.24, 2.45) is 0 Å². The number of aromatic nitrogens is 1. The Kier molecular flexibility index (Phi) is 7.08. The summed E-state index contributed by atoms with van der Waals surface area (Å²) in [6.07, 6.45) is 3.54. The number of amides is 1. The number of nitrogens with one attached hydrogen (secondary N) is 1. The van der Waals surface area contributed by atoms with Gasteiger partial charge < -0.3 is 14.8 Å². The van der Waals surface area contributed by atoms with Crippen LogP contribution in [0.4, 0.5) is 4.39 Å². The monoisotopic (exact) mass is 360 g/mol. The minimum absolute atomic E-state index is 0.0640. The van der Waals surface area contributed by atoms with Gasteiger partial charge in [0.15, 0.2) is 17.8 Å². The highest BCUT2D eigenvalue weighted by Gasteiger charge is 2.21. The highest BCUT2D eigenvalue weighted by molar-refractivity contribution is 5.98. The zero-order valence-electron chi connectivity index (χ0n) is 14.8. The maximum Gasteiger partial charge on any atom is 0.257 e. The van der Waals surface area contributed by atoms with Gasteiger partial charge >= 0.3 is 0 Å². The first kappa shape index (κ1) is 19.4. The number of unbranched alkanes of at least 4 members (excludes halogenated alkanes) is 1.